The number of carbonyl (C=O) groups is 1. The van der Waals surface area contributed by atoms with E-state index in [9.17, 15) is 4.79 Å². The van der Waals surface area contributed by atoms with Crippen LogP contribution < -0.4 is 0 Å². The van der Waals surface area contributed by atoms with Gasteiger partial charge in [-0.3, -0.25) is 0 Å². The molecule has 2 aromatic rings. The maximum absolute atomic E-state index is 10.6. The molecule has 0 unspecified atom stereocenters. The lowest BCUT2D eigenvalue weighted by Gasteiger charge is -1.90. The van der Waals surface area contributed by atoms with Crippen LogP contribution in [-0.2, 0) is 7.05 Å². The molecule has 66 valence electrons. The minimum atomic E-state index is -0.951. The predicted octanol–water partition coefficient (Wildman–Crippen LogP) is 0.666. The molecule has 13 heavy (non-hydrogen) atoms. The van der Waals surface area contributed by atoms with Crippen LogP contribution in [0.2, 0.25) is 0 Å². The van der Waals surface area contributed by atoms with Gasteiger partial charge in [0.1, 0.15) is 11.0 Å². The third-order valence-corrected chi connectivity index (χ3v) is 1.73. The lowest BCUT2D eigenvalue weighted by Crippen LogP contribution is -1.94. The van der Waals surface area contributed by atoms with Gasteiger partial charge in [0.25, 0.3) is 0 Å². The molecule has 1 N–H and O–H groups in total. The summed E-state index contributed by atoms with van der Waals surface area (Å²) >= 11 is 0. The summed E-state index contributed by atoms with van der Waals surface area (Å²) in [5.41, 5.74) is 1.53. The first-order valence-electron chi connectivity index (χ1n) is 3.71. The molecule has 0 spiro atoms. The van der Waals surface area contributed by atoms with Crippen LogP contribution in [0.15, 0.2) is 18.2 Å². The molecule has 5 nitrogen and oxygen atoms in total. The number of aromatic carboxylic acids is 1. The molecule has 0 radical (unpaired) electrons. The van der Waals surface area contributed by atoms with Crippen molar-refractivity contribution in [3.63, 3.8) is 0 Å². The van der Waals surface area contributed by atoms with Crippen LogP contribution >= 0.6 is 0 Å². The second kappa shape index (κ2) is 2.55. The van der Waals surface area contributed by atoms with Gasteiger partial charge in [0.2, 0.25) is 0 Å². The maximum Gasteiger partial charge on any atom is 0.335 e. The van der Waals surface area contributed by atoms with E-state index in [0.29, 0.717) is 11.0 Å². The minimum absolute atomic E-state index is 0.230. The molecule has 0 atom stereocenters. The van der Waals surface area contributed by atoms with Crippen LogP contribution in [0, 0.1) is 0 Å². The molecule has 5 heteroatoms. The molecule has 0 amide bonds. The predicted molar refractivity (Wildman–Crippen MR) is 45.5 cm³/mol. The Morgan fingerprint density at radius 1 is 1.38 bits per heavy atom. The summed E-state index contributed by atoms with van der Waals surface area (Å²) in [4.78, 5) is 12.0. The van der Waals surface area contributed by atoms with Gasteiger partial charge in [0.15, 0.2) is 0 Å². The summed E-state index contributed by atoms with van der Waals surface area (Å²) in [6, 6.07) is 4.66. The zero-order valence-electron chi connectivity index (χ0n) is 6.93. The summed E-state index contributed by atoms with van der Waals surface area (Å²) in [6.07, 6.45) is 0. The first kappa shape index (κ1) is 7.72. The van der Waals surface area contributed by atoms with Crippen molar-refractivity contribution in [1.29, 1.82) is 0 Å². The van der Waals surface area contributed by atoms with Gasteiger partial charge in [-0.25, -0.2) is 4.79 Å². The molecule has 0 bridgehead atoms. The molecule has 0 aliphatic carbocycles. The van der Waals surface area contributed by atoms with Gasteiger partial charge in [0, 0.05) is 7.05 Å². The third kappa shape index (κ3) is 1.24. The molecule has 0 aliphatic heterocycles. The number of hydrogen-bond donors (Lipinski definition) is 1. The van der Waals surface area contributed by atoms with E-state index in [0.717, 1.165) is 0 Å². The lowest BCUT2D eigenvalue weighted by atomic mass is 10.2. The van der Waals surface area contributed by atoms with Crippen LogP contribution in [0.5, 0.6) is 0 Å². The van der Waals surface area contributed by atoms with Crippen LogP contribution in [0.1, 0.15) is 10.4 Å². The average Bonchev–Trinajstić information content (AvgIpc) is 2.42. The molecule has 0 aliphatic rings. The Morgan fingerprint density at radius 2 is 2.08 bits per heavy atom. The molecule has 1 heterocycles. The molecule has 0 fully saturated rings. The largest absolute Gasteiger partial charge is 0.478 e. The zero-order valence-corrected chi connectivity index (χ0v) is 6.93. The van der Waals surface area contributed by atoms with Crippen LogP contribution in [0.3, 0.4) is 0 Å². The Labute approximate surface area is 73.6 Å². The zero-order chi connectivity index (χ0) is 9.42. The molecular formula is C8H7N3O2. The van der Waals surface area contributed by atoms with E-state index >= 15 is 0 Å². The van der Waals surface area contributed by atoms with Gasteiger partial charge in [-0.05, 0) is 18.2 Å². The van der Waals surface area contributed by atoms with Crippen LogP contribution in [-0.4, -0.2) is 26.1 Å². The number of carboxylic acids is 1. The molecular weight excluding hydrogens is 170 g/mol. The number of nitrogens with zero attached hydrogens (tertiary/aromatic N) is 3. The van der Waals surface area contributed by atoms with E-state index in [1.54, 1.807) is 13.1 Å². The highest BCUT2D eigenvalue weighted by atomic mass is 16.4. The minimum Gasteiger partial charge on any atom is -0.478 e. The van der Waals surface area contributed by atoms with Crippen LogP contribution in [0.25, 0.3) is 11.0 Å². The lowest BCUT2D eigenvalue weighted by molar-refractivity contribution is 0.0697. The van der Waals surface area contributed by atoms with Gasteiger partial charge in [-0.2, -0.15) is 15.0 Å². The number of hydrogen-bond acceptors (Lipinski definition) is 3. The molecule has 0 saturated carbocycles. The van der Waals surface area contributed by atoms with Crippen molar-refractivity contribution in [2.24, 2.45) is 7.05 Å². The van der Waals surface area contributed by atoms with E-state index in [1.165, 1.54) is 16.9 Å². The number of rotatable bonds is 1. The summed E-state index contributed by atoms with van der Waals surface area (Å²) in [5, 5.41) is 16.7. The molecule has 1 aromatic heterocycles. The summed E-state index contributed by atoms with van der Waals surface area (Å²) in [6.45, 7) is 0. The normalized spacial score (nSPS) is 10.5. The highest BCUT2D eigenvalue weighted by molar-refractivity contribution is 5.91. The fourth-order valence-electron chi connectivity index (χ4n) is 1.16. The summed E-state index contributed by atoms with van der Waals surface area (Å²) < 4.78 is 0. The number of aromatic nitrogens is 3. The van der Waals surface area contributed by atoms with Crippen molar-refractivity contribution in [3.8, 4) is 0 Å². The number of fused-ring (bicyclic) bond motifs is 1. The van der Waals surface area contributed by atoms with Gasteiger partial charge in [-0.15, -0.1) is 0 Å². The van der Waals surface area contributed by atoms with Crippen molar-refractivity contribution in [3.05, 3.63) is 23.8 Å². The van der Waals surface area contributed by atoms with Gasteiger partial charge < -0.3 is 5.11 Å². The van der Waals surface area contributed by atoms with Crippen molar-refractivity contribution in [2.75, 3.05) is 0 Å². The standard InChI is InChI=1S/C8H7N3O2/c1-11-9-6-3-2-5(8(12)13)4-7(6)10-11/h2-4H,1H3,(H,12,13). The van der Waals surface area contributed by atoms with Crippen molar-refractivity contribution in [1.82, 2.24) is 15.0 Å². The number of benzene rings is 1. The second-order valence-electron chi connectivity index (χ2n) is 2.70. The SMILES string of the molecule is Cn1nc2ccc(C(=O)O)cc2n1. The molecule has 0 saturated heterocycles. The van der Waals surface area contributed by atoms with Crippen molar-refractivity contribution < 1.29 is 9.90 Å². The maximum atomic E-state index is 10.6. The van der Waals surface area contributed by atoms with E-state index in [2.05, 4.69) is 10.2 Å². The Kier molecular flexibility index (Phi) is 1.51. The monoisotopic (exact) mass is 177 g/mol. The number of carboxylic acid groups (broad SMARTS) is 1. The van der Waals surface area contributed by atoms with Gasteiger partial charge in [0.05, 0.1) is 5.56 Å². The molecule has 2 rings (SSSR count). The summed E-state index contributed by atoms with van der Waals surface area (Å²) in [5.74, 6) is -0.951. The Hall–Kier alpha value is -1.91. The average molecular weight is 177 g/mol. The van der Waals surface area contributed by atoms with E-state index in [1.807, 2.05) is 0 Å². The van der Waals surface area contributed by atoms with E-state index in [4.69, 9.17) is 5.11 Å². The quantitative estimate of drug-likeness (QED) is 0.695. The van der Waals surface area contributed by atoms with E-state index in [-0.39, 0.29) is 5.56 Å². The smallest absolute Gasteiger partial charge is 0.335 e. The Balaban J connectivity index is 2.67. The topological polar surface area (TPSA) is 68.0 Å². The third-order valence-electron chi connectivity index (χ3n) is 1.73. The Bertz CT molecular complexity index is 475. The summed E-state index contributed by atoms with van der Waals surface area (Å²) in [7, 11) is 1.69. The highest BCUT2D eigenvalue weighted by Crippen LogP contribution is 2.10. The van der Waals surface area contributed by atoms with Gasteiger partial charge in [-0.1, -0.05) is 0 Å². The van der Waals surface area contributed by atoms with Crippen LogP contribution in [0.4, 0.5) is 0 Å². The Morgan fingerprint density at radius 3 is 2.77 bits per heavy atom. The van der Waals surface area contributed by atoms with Crippen molar-refractivity contribution in [2.45, 2.75) is 0 Å². The molecule has 1 aromatic carbocycles. The second-order valence-corrected chi connectivity index (χ2v) is 2.70. The number of aryl methyl sites for hydroxylation is 1. The first-order chi connectivity index (χ1) is 6.16. The van der Waals surface area contributed by atoms with E-state index < -0.39 is 5.97 Å². The first-order valence-corrected chi connectivity index (χ1v) is 3.71. The fourth-order valence-corrected chi connectivity index (χ4v) is 1.16. The fraction of sp³-hybridized carbons (Fsp3) is 0.125. The highest BCUT2D eigenvalue weighted by Gasteiger charge is 2.05. The van der Waals surface area contributed by atoms with Gasteiger partial charge >= 0.3 is 5.97 Å². The van der Waals surface area contributed by atoms with Crippen molar-refractivity contribution >= 4 is 17.0 Å².